The second kappa shape index (κ2) is 7.65. The van der Waals surface area contributed by atoms with Gasteiger partial charge in [0.05, 0.1) is 17.6 Å². The molecule has 1 aromatic carbocycles. The maximum atomic E-state index is 10.7. The number of nitriles is 1. The first-order valence-corrected chi connectivity index (χ1v) is 9.10. The van der Waals surface area contributed by atoms with Gasteiger partial charge >= 0.3 is 0 Å². The van der Waals surface area contributed by atoms with E-state index in [0.29, 0.717) is 32.2 Å². The standard InChI is InChI=1S/C20H28N2O2/c1-16-5-2-3-6-18(16)19-7-4-10-22(19)14-17(23)13-20(15-21)8-11-24-12-9-20/h2-3,5-6,17,19,23H,4,7-14H2,1H3. The van der Waals surface area contributed by atoms with Crippen LogP contribution in [0.15, 0.2) is 24.3 Å². The summed E-state index contributed by atoms with van der Waals surface area (Å²) in [7, 11) is 0. The third kappa shape index (κ3) is 3.80. The number of hydrogen-bond donors (Lipinski definition) is 1. The van der Waals surface area contributed by atoms with Crippen molar-refractivity contribution >= 4 is 0 Å². The number of benzene rings is 1. The third-order valence-corrected chi connectivity index (χ3v) is 5.67. The number of aryl methyl sites for hydroxylation is 1. The van der Waals surface area contributed by atoms with Gasteiger partial charge in [0, 0.05) is 25.8 Å². The Labute approximate surface area is 145 Å². The molecule has 0 aromatic heterocycles. The van der Waals surface area contributed by atoms with Crippen molar-refractivity contribution in [3.8, 4) is 6.07 Å². The molecule has 3 rings (SSSR count). The van der Waals surface area contributed by atoms with Crippen molar-refractivity contribution in [2.24, 2.45) is 5.41 Å². The van der Waals surface area contributed by atoms with Crippen LogP contribution in [0.3, 0.4) is 0 Å². The zero-order chi connectivity index (χ0) is 17.0. The van der Waals surface area contributed by atoms with Crippen LogP contribution in [0.5, 0.6) is 0 Å². The van der Waals surface area contributed by atoms with Gasteiger partial charge in [0.15, 0.2) is 0 Å². The Morgan fingerprint density at radius 1 is 1.38 bits per heavy atom. The summed E-state index contributed by atoms with van der Waals surface area (Å²) in [5.41, 5.74) is 2.29. The number of ether oxygens (including phenoxy) is 1. The lowest BCUT2D eigenvalue weighted by molar-refractivity contribution is 0.00505. The van der Waals surface area contributed by atoms with Gasteiger partial charge in [-0.1, -0.05) is 24.3 Å². The Hall–Kier alpha value is -1.41. The lowest BCUT2D eigenvalue weighted by atomic mass is 9.77. The van der Waals surface area contributed by atoms with Crippen LogP contribution in [0, 0.1) is 23.7 Å². The molecule has 1 aromatic rings. The Morgan fingerprint density at radius 2 is 2.12 bits per heavy atom. The molecule has 0 bridgehead atoms. The molecule has 4 heteroatoms. The molecule has 0 radical (unpaired) electrons. The normalized spacial score (nSPS) is 25.3. The molecular weight excluding hydrogens is 300 g/mol. The van der Waals surface area contributed by atoms with Crippen LogP contribution in [0.2, 0.25) is 0 Å². The van der Waals surface area contributed by atoms with Crippen LogP contribution in [0.4, 0.5) is 0 Å². The maximum Gasteiger partial charge on any atom is 0.0692 e. The molecule has 2 atom stereocenters. The molecule has 2 unspecified atom stereocenters. The summed E-state index contributed by atoms with van der Waals surface area (Å²) in [6.07, 6.45) is 3.90. The minimum atomic E-state index is -0.452. The largest absolute Gasteiger partial charge is 0.392 e. The van der Waals surface area contributed by atoms with Crippen molar-refractivity contribution in [2.45, 2.75) is 51.2 Å². The van der Waals surface area contributed by atoms with Gasteiger partial charge in [-0.3, -0.25) is 4.90 Å². The first kappa shape index (κ1) is 17.4. The quantitative estimate of drug-likeness (QED) is 0.902. The van der Waals surface area contributed by atoms with E-state index in [1.807, 2.05) is 0 Å². The number of likely N-dealkylation sites (tertiary alicyclic amines) is 1. The molecule has 24 heavy (non-hydrogen) atoms. The predicted molar refractivity (Wildman–Crippen MR) is 93.4 cm³/mol. The average Bonchev–Trinajstić information content (AvgIpc) is 3.04. The molecule has 4 nitrogen and oxygen atoms in total. The van der Waals surface area contributed by atoms with Gasteiger partial charge < -0.3 is 9.84 Å². The number of rotatable bonds is 5. The fourth-order valence-electron chi connectivity index (χ4n) is 4.27. The van der Waals surface area contributed by atoms with Crippen molar-refractivity contribution < 1.29 is 9.84 Å². The maximum absolute atomic E-state index is 10.7. The van der Waals surface area contributed by atoms with Crippen LogP contribution in [-0.4, -0.2) is 42.4 Å². The highest BCUT2D eigenvalue weighted by Gasteiger charge is 2.36. The molecule has 0 spiro atoms. The zero-order valence-corrected chi connectivity index (χ0v) is 14.6. The monoisotopic (exact) mass is 328 g/mol. The van der Waals surface area contributed by atoms with E-state index in [2.05, 4.69) is 42.2 Å². The van der Waals surface area contributed by atoms with E-state index < -0.39 is 11.5 Å². The second-order valence-corrected chi connectivity index (χ2v) is 7.37. The second-order valence-electron chi connectivity index (χ2n) is 7.37. The molecular formula is C20H28N2O2. The summed E-state index contributed by atoms with van der Waals surface area (Å²) in [5.74, 6) is 0. The van der Waals surface area contributed by atoms with Crippen LogP contribution in [0.25, 0.3) is 0 Å². The molecule has 2 fully saturated rings. The van der Waals surface area contributed by atoms with Gasteiger partial charge in [0.25, 0.3) is 0 Å². The summed E-state index contributed by atoms with van der Waals surface area (Å²) in [5, 5.41) is 20.2. The van der Waals surface area contributed by atoms with Gasteiger partial charge in [-0.25, -0.2) is 0 Å². The molecule has 2 aliphatic rings. The van der Waals surface area contributed by atoms with Gasteiger partial charge in [-0.2, -0.15) is 5.26 Å². The lowest BCUT2D eigenvalue weighted by Crippen LogP contribution is -2.38. The molecule has 0 saturated carbocycles. The van der Waals surface area contributed by atoms with Crippen LogP contribution in [0.1, 0.15) is 49.3 Å². The van der Waals surface area contributed by atoms with Gasteiger partial charge in [-0.05, 0) is 56.7 Å². The van der Waals surface area contributed by atoms with E-state index in [1.165, 1.54) is 17.5 Å². The fraction of sp³-hybridized carbons (Fsp3) is 0.650. The van der Waals surface area contributed by atoms with Crippen molar-refractivity contribution in [3.63, 3.8) is 0 Å². The van der Waals surface area contributed by atoms with E-state index in [0.717, 1.165) is 25.8 Å². The van der Waals surface area contributed by atoms with Gasteiger partial charge in [-0.15, -0.1) is 0 Å². The molecule has 0 aliphatic carbocycles. The van der Waals surface area contributed by atoms with E-state index in [-0.39, 0.29) is 0 Å². The Bertz CT molecular complexity index is 590. The smallest absolute Gasteiger partial charge is 0.0692 e. The number of hydrogen-bond acceptors (Lipinski definition) is 4. The lowest BCUT2D eigenvalue weighted by Gasteiger charge is -2.34. The van der Waals surface area contributed by atoms with E-state index in [1.54, 1.807) is 0 Å². The van der Waals surface area contributed by atoms with Crippen molar-refractivity contribution in [3.05, 3.63) is 35.4 Å². The molecule has 1 N–H and O–H groups in total. The minimum absolute atomic E-state index is 0.397. The minimum Gasteiger partial charge on any atom is -0.392 e. The van der Waals surface area contributed by atoms with Crippen molar-refractivity contribution in [2.75, 3.05) is 26.3 Å². The fourth-order valence-corrected chi connectivity index (χ4v) is 4.27. The first-order chi connectivity index (χ1) is 11.6. The number of nitrogens with zero attached hydrogens (tertiary/aromatic N) is 2. The van der Waals surface area contributed by atoms with Crippen molar-refractivity contribution in [1.82, 2.24) is 4.90 Å². The molecule has 0 amide bonds. The van der Waals surface area contributed by atoms with Gasteiger partial charge in [0.1, 0.15) is 0 Å². The highest BCUT2D eigenvalue weighted by Crippen LogP contribution is 2.37. The Balaban J connectivity index is 1.64. The third-order valence-electron chi connectivity index (χ3n) is 5.67. The van der Waals surface area contributed by atoms with E-state index in [4.69, 9.17) is 4.74 Å². The number of β-amino-alcohol motifs (C(OH)–C–C–N with tert-alkyl or cyclic N) is 1. The number of aliphatic hydroxyl groups is 1. The van der Waals surface area contributed by atoms with Crippen LogP contribution >= 0.6 is 0 Å². The predicted octanol–water partition coefficient (Wildman–Crippen LogP) is 3.20. The SMILES string of the molecule is Cc1ccccc1C1CCCN1CC(O)CC1(C#N)CCOCC1. The Kier molecular flexibility index (Phi) is 5.55. The van der Waals surface area contributed by atoms with Crippen LogP contribution < -0.4 is 0 Å². The summed E-state index contributed by atoms with van der Waals surface area (Å²) in [4.78, 5) is 2.40. The summed E-state index contributed by atoms with van der Waals surface area (Å²) in [6.45, 7) is 5.11. The van der Waals surface area contributed by atoms with Gasteiger partial charge in [0.2, 0.25) is 0 Å². The molecule has 130 valence electrons. The highest BCUT2D eigenvalue weighted by molar-refractivity contribution is 5.29. The molecule has 2 heterocycles. The Morgan fingerprint density at radius 3 is 2.83 bits per heavy atom. The molecule has 2 saturated heterocycles. The topological polar surface area (TPSA) is 56.5 Å². The summed E-state index contributed by atoms with van der Waals surface area (Å²) >= 11 is 0. The van der Waals surface area contributed by atoms with Crippen LogP contribution in [-0.2, 0) is 4.74 Å². The summed E-state index contributed by atoms with van der Waals surface area (Å²) < 4.78 is 5.39. The zero-order valence-electron chi connectivity index (χ0n) is 14.6. The average molecular weight is 328 g/mol. The highest BCUT2D eigenvalue weighted by atomic mass is 16.5. The summed E-state index contributed by atoms with van der Waals surface area (Å²) in [6, 6.07) is 11.4. The van der Waals surface area contributed by atoms with Crippen molar-refractivity contribution in [1.29, 1.82) is 5.26 Å². The number of aliphatic hydroxyl groups excluding tert-OH is 1. The van der Waals surface area contributed by atoms with E-state index in [9.17, 15) is 10.4 Å². The molecule has 2 aliphatic heterocycles. The van der Waals surface area contributed by atoms with E-state index >= 15 is 0 Å². The first-order valence-electron chi connectivity index (χ1n) is 9.10.